The number of ether oxygens (including phenoxy) is 2. The normalized spacial score (nSPS) is 10.3. The van der Waals surface area contributed by atoms with E-state index < -0.39 is 6.16 Å². The van der Waals surface area contributed by atoms with Gasteiger partial charge in [0.25, 0.3) is 0 Å². The van der Waals surface area contributed by atoms with E-state index in [1.807, 2.05) is 37.3 Å². The van der Waals surface area contributed by atoms with Crippen molar-refractivity contribution in [2.24, 2.45) is 0 Å². The van der Waals surface area contributed by atoms with Crippen molar-refractivity contribution in [1.29, 1.82) is 0 Å². The van der Waals surface area contributed by atoms with E-state index >= 15 is 0 Å². The largest absolute Gasteiger partial charge is 0.508 e. The fourth-order valence-electron chi connectivity index (χ4n) is 1.04. The van der Waals surface area contributed by atoms with Crippen LogP contribution < -0.4 is 0 Å². The number of carbonyl (C=O) groups excluding carboxylic acids is 1. The minimum absolute atomic E-state index is 0.223. The van der Waals surface area contributed by atoms with Gasteiger partial charge in [-0.25, -0.2) is 4.79 Å². The second-order valence-electron chi connectivity index (χ2n) is 3.08. The number of hydrogen-bond donors (Lipinski definition) is 0. The van der Waals surface area contributed by atoms with E-state index in [0.717, 1.165) is 5.56 Å². The van der Waals surface area contributed by atoms with E-state index in [0.29, 0.717) is 0 Å². The first-order valence-electron chi connectivity index (χ1n) is 4.66. The number of benzene rings is 1. The van der Waals surface area contributed by atoms with Gasteiger partial charge in [0.1, 0.15) is 6.61 Å². The Kier molecular flexibility index (Phi) is 4.41. The maximum Gasteiger partial charge on any atom is 0.508 e. The van der Waals surface area contributed by atoms with Crippen LogP contribution in [-0.4, -0.2) is 19.9 Å². The molecule has 1 aromatic rings. The van der Waals surface area contributed by atoms with Gasteiger partial charge < -0.3 is 9.47 Å². The third kappa shape index (κ3) is 4.31. The number of methoxy groups -OCH3 is 1. The number of hydrogen-bond acceptors (Lipinski definition) is 3. The lowest BCUT2D eigenvalue weighted by Gasteiger charge is -1.98. The molecule has 15 heavy (non-hydrogen) atoms. The number of rotatable bonds is 3. The van der Waals surface area contributed by atoms with Crippen molar-refractivity contribution in [2.75, 3.05) is 13.7 Å². The van der Waals surface area contributed by atoms with Gasteiger partial charge in [0, 0.05) is 0 Å². The van der Waals surface area contributed by atoms with E-state index in [4.69, 9.17) is 0 Å². The quantitative estimate of drug-likeness (QED) is 0.713. The highest BCUT2D eigenvalue weighted by atomic mass is 16.7. The van der Waals surface area contributed by atoms with E-state index in [2.05, 4.69) is 9.47 Å². The third-order valence-corrected chi connectivity index (χ3v) is 1.85. The SMILES string of the molecule is COC(=O)OCC=Cc1ccc(C)cc1. The van der Waals surface area contributed by atoms with Crippen molar-refractivity contribution in [3.05, 3.63) is 41.5 Å². The van der Waals surface area contributed by atoms with Crippen molar-refractivity contribution in [3.63, 3.8) is 0 Å². The predicted molar refractivity (Wildman–Crippen MR) is 58.6 cm³/mol. The highest BCUT2D eigenvalue weighted by Crippen LogP contribution is 2.04. The highest BCUT2D eigenvalue weighted by Gasteiger charge is 1.95. The van der Waals surface area contributed by atoms with Crippen molar-refractivity contribution in [3.8, 4) is 0 Å². The lowest BCUT2D eigenvalue weighted by molar-refractivity contribution is 0.0819. The average Bonchev–Trinajstić information content (AvgIpc) is 2.26. The molecule has 0 bridgehead atoms. The van der Waals surface area contributed by atoms with Gasteiger partial charge in [-0.1, -0.05) is 35.9 Å². The van der Waals surface area contributed by atoms with Crippen LogP contribution in [0.2, 0.25) is 0 Å². The van der Waals surface area contributed by atoms with Crippen LogP contribution in [-0.2, 0) is 9.47 Å². The summed E-state index contributed by atoms with van der Waals surface area (Å²) in [6.07, 6.45) is 2.99. The summed E-state index contributed by atoms with van der Waals surface area (Å²) in [4.78, 5) is 10.6. The molecular weight excluding hydrogens is 192 g/mol. The fourth-order valence-corrected chi connectivity index (χ4v) is 1.04. The van der Waals surface area contributed by atoms with Crippen molar-refractivity contribution in [2.45, 2.75) is 6.92 Å². The lowest BCUT2D eigenvalue weighted by Crippen LogP contribution is -2.03. The Labute approximate surface area is 89.3 Å². The van der Waals surface area contributed by atoms with Crippen LogP contribution in [0.3, 0.4) is 0 Å². The Morgan fingerprint density at radius 1 is 1.33 bits per heavy atom. The topological polar surface area (TPSA) is 35.5 Å². The molecule has 0 aliphatic heterocycles. The van der Waals surface area contributed by atoms with Crippen LogP contribution in [0.15, 0.2) is 30.3 Å². The molecule has 0 spiro atoms. The van der Waals surface area contributed by atoms with Crippen molar-refractivity contribution >= 4 is 12.2 Å². The lowest BCUT2D eigenvalue weighted by atomic mass is 10.1. The first-order chi connectivity index (χ1) is 7.22. The van der Waals surface area contributed by atoms with Gasteiger partial charge in [0.05, 0.1) is 7.11 Å². The summed E-state index contributed by atoms with van der Waals surface area (Å²) in [6, 6.07) is 8.07. The first-order valence-corrected chi connectivity index (χ1v) is 4.66. The Balaban J connectivity index is 2.38. The van der Waals surface area contributed by atoms with Gasteiger partial charge >= 0.3 is 6.16 Å². The zero-order valence-electron chi connectivity index (χ0n) is 8.90. The molecule has 0 N–H and O–H groups in total. The van der Waals surface area contributed by atoms with E-state index in [1.54, 1.807) is 6.08 Å². The summed E-state index contributed by atoms with van der Waals surface area (Å²) in [5.41, 5.74) is 2.30. The van der Waals surface area contributed by atoms with Crippen molar-refractivity contribution < 1.29 is 14.3 Å². The second-order valence-corrected chi connectivity index (χ2v) is 3.08. The minimum atomic E-state index is -0.663. The Bertz CT molecular complexity index is 338. The predicted octanol–water partition coefficient (Wildman–Crippen LogP) is 2.79. The van der Waals surface area contributed by atoms with Gasteiger partial charge in [0.15, 0.2) is 0 Å². The molecule has 3 heteroatoms. The molecule has 0 unspecified atom stereocenters. The molecule has 0 amide bonds. The van der Waals surface area contributed by atoms with Crippen LogP contribution >= 0.6 is 0 Å². The molecule has 0 aliphatic carbocycles. The molecule has 0 aliphatic rings. The molecule has 0 saturated carbocycles. The standard InChI is InChI=1S/C12H14O3/c1-10-5-7-11(8-6-10)4-3-9-15-12(13)14-2/h3-8H,9H2,1-2H3. The summed E-state index contributed by atoms with van der Waals surface area (Å²) in [7, 11) is 1.28. The molecule has 0 saturated heterocycles. The van der Waals surface area contributed by atoms with Crippen LogP contribution in [0.25, 0.3) is 6.08 Å². The zero-order chi connectivity index (χ0) is 11.1. The van der Waals surface area contributed by atoms with E-state index in [9.17, 15) is 4.79 Å². The summed E-state index contributed by atoms with van der Waals surface area (Å²) in [5.74, 6) is 0. The second kappa shape index (κ2) is 5.86. The number of aryl methyl sites for hydroxylation is 1. The molecule has 0 fully saturated rings. The van der Waals surface area contributed by atoms with Gasteiger partial charge in [-0.3, -0.25) is 0 Å². The molecule has 1 aromatic carbocycles. The Morgan fingerprint density at radius 2 is 2.00 bits per heavy atom. The number of carbonyl (C=O) groups is 1. The van der Waals surface area contributed by atoms with Gasteiger partial charge in [0.2, 0.25) is 0 Å². The molecule has 0 radical (unpaired) electrons. The molecule has 0 aromatic heterocycles. The smallest absolute Gasteiger partial charge is 0.438 e. The Morgan fingerprint density at radius 3 is 2.60 bits per heavy atom. The molecule has 0 atom stereocenters. The van der Waals surface area contributed by atoms with E-state index in [-0.39, 0.29) is 6.61 Å². The molecular formula is C12H14O3. The van der Waals surface area contributed by atoms with E-state index in [1.165, 1.54) is 12.7 Å². The zero-order valence-corrected chi connectivity index (χ0v) is 8.90. The first kappa shape index (κ1) is 11.3. The Hall–Kier alpha value is -1.77. The summed E-state index contributed by atoms with van der Waals surface area (Å²) in [6.45, 7) is 2.26. The van der Waals surface area contributed by atoms with Crippen LogP contribution in [0.4, 0.5) is 4.79 Å². The summed E-state index contributed by atoms with van der Waals surface area (Å²) < 4.78 is 9.01. The van der Waals surface area contributed by atoms with Gasteiger partial charge in [-0.05, 0) is 18.6 Å². The minimum Gasteiger partial charge on any atom is -0.438 e. The maximum atomic E-state index is 10.6. The maximum absolute atomic E-state index is 10.6. The third-order valence-electron chi connectivity index (χ3n) is 1.85. The molecule has 80 valence electrons. The fraction of sp³-hybridized carbons (Fsp3) is 0.250. The van der Waals surface area contributed by atoms with Crippen LogP contribution in [0.5, 0.6) is 0 Å². The summed E-state index contributed by atoms with van der Waals surface area (Å²) >= 11 is 0. The van der Waals surface area contributed by atoms with Gasteiger partial charge in [-0.15, -0.1) is 0 Å². The van der Waals surface area contributed by atoms with Crippen LogP contribution in [0, 0.1) is 6.92 Å². The highest BCUT2D eigenvalue weighted by molar-refractivity contribution is 5.60. The summed E-state index contributed by atoms with van der Waals surface area (Å²) in [5, 5.41) is 0. The molecule has 0 heterocycles. The monoisotopic (exact) mass is 206 g/mol. The molecule has 3 nitrogen and oxygen atoms in total. The van der Waals surface area contributed by atoms with Crippen molar-refractivity contribution in [1.82, 2.24) is 0 Å². The molecule has 1 rings (SSSR count). The average molecular weight is 206 g/mol. The van der Waals surface area contributed by atoms with Crippen LogP contribution in [0.1, 0.15) is 11.1 Å². The van der Waals surface area contributed by atoms with Gasteiger partial charge in [-0.2, -0.15) is 0 Å².